The largest absolute Gasteiger partial charge is 0.453 e. The van der Waals surface area contributed by atoms with Gasteiger partial charge in [-0.3, -0.25) is 10.1 Å². The van der Waals surface area contributed by atoms with Crippen molar-refractivity contribution in [3.05, 3.63) is 57.8 Å². The summed E-state index contributed by atoms with van der Waals surface area (Å²) >= 11 is 12.8. The van der Waals surface area contributed by atoms with E-state index in [4.69, 9.17) is 23.2 Å². The van der Waals surface area contributed by atoms with E-state index in [1.165, 1.54) is 25.3 Å². The van der Waals surface area contributed by atoms with Crippen molar-refractivity contribution < 1.29 is 18.7 Å². The van der Waals surface area contributed by atoms with Crippen LogP contribution in [0, 0.1) is 17.7 Å². The van der Waals surface area contributed by atoms with Crippen molar-refractivity contribution in [2.75, 3.05) is 23.9 Å². The van der Waals surface area contributed by atoms with Crippen molar-refractivity contribution in [2.45, 2.75) is 19.8 Å². The molecule has 2 aromatic rings. The molecular weight excluding hydrogens is 418 g/mol. The molecule has 154 valence electrons. The zero-order valence-electron chi connectivity index (χ0n) is 16.0. The lowest BCUT2D eigenvalue weighted by Gasteiger charge is -2.37. The highest BCUT2D eigenvalue weighted by atomic mass is 35.5. The summed E-state index contributed by atoms with van der Waals surface area (Å²) in [6.07, 6.45) is 0.510. The lowest BCUT2D eigenvalue weighted by atomic mass is 9.85. The first kappa shape index (κ1) is 21.4. The van der Waals surface area contributed by atoms with Crippen LogP contribution in [0.1, 0.15) is 18.9 Å². The third-order valence-corrected chi connectivity index (χ3v) is 5.58. The Morgan fingerprint density at radius 3 is 2.55 bits per heavy atom. The molecule has 3 rings (SSSR count). The Balaban J connectivity index is 1.87. The fraction of sp³-hybridized carbons (Fsp3) is 0.333. The average Bonchev–Trinajstić information content (AvgIpc) is 2.66. The number of carbonyl (C=O) groups excluding carboxylic acids is 2. The minimum absolute atomic E-state index is 0.0552. The molecule has 8 heteroatoms. The van der Waals surface area contributed by atoms with Gasteiger partial charge in [0.25, 0.3) is 0 Å². The number of hydrogen-bond donors (Lipinski definition) is 1. The van der Waals surface area contributed by atoms with Crippen LogP contribution < -0.4 is 10.2 Å². The van der Waals surface area contributed by atoms with Crippen LogP contribution in [0.5, 0.6) is 0 Å². The molecule has 2 amide bonds. The van der Waals surface area contributed by atoms with E-state index in [1.54, 1.807) is 23.1 Å². The van der Waals surface area contributed by atoms with Crippen LogP contribution in [0.3, 0.4) is 0 Å². The summed E-state index contributed by atoms with van der Waals surface area (Å²) in [7, 11) is 1.25. The molecule has 2 aromatic carbocycles. The zero-order chi connectivity index (χ0) is 21.1. The van der Waals surface area contributed by atoms with Gasteiger partial charge >= 0.3 is 6.09 Å². The number of nitrogens with one attached hydrogen (secondary N) is 1. The molecule has 0 radical (unpaired) electrons. The van der Waals surface area contributed by atoms with E-state index < -0.39 is 6.09 Å². The van der Waals surface area contributed by atoms with Crippen LogP contribution in [-0.4, -0.2) is 25.7 Å². The fourth-order valence-corrected chi connectivity index (χ4v) is 4.37. The van der Waals surface area contributed by atoms with Gasteiger partial charge in [0.05, 0.1) is 22.8 Å². The summed E-state index contributed by atoms with van der Waals surface area (Å²) in [6, 6.07) is 9.67. The number of rotatable bonds is 4. The quantitative estimate of drug-likeness (QED) is 0.681. The van der Waals surface area contributed by atoms with Crippen LogP contribution in [0.15, 0.2) is 36.4 Å². The third-order valence-electron chi connectivity index (χ3n) is 5.00. The van der Waals surface area contributed by atoms with E-state index in [9.17, 15) is 14.0 Å². The first-order valence-electron chi connectivity index (χ1n) is 9.19. The van der Waals surface area contributed by atoms with Gasteiger partial charge in [0.2, 0.25) is 5.91 Å². The Morgan fingerprint density at radius 2 is 1.93 bits per heavy atom. The zero-order valence-corrected chi connectivity index (χ0v) is 17.6. The molecule has 1 saturated heterocycles. The van der Waals surface area contributed by atoms with Crippen molar-refractivity contribution in [1.29, 1.82) is 0 Å². The second-order valence-corrected chi connectivity index (χ2v) is 7.97. The summed E-state index contributed by atoms with van der Waals surface area (Å²) in [5, 5.41) is 2.96. The second kappa shape index (κ2) is 9.01. The summed E-state index contributed by atoms with van der Waals surface area (Å²) in [6.45, 7) is 2.22. The molecule has 1 aliphatic heterocycles. The maximum Gasteiger partial charge on any atom is 0.411 e. The Bertz CT molecular complexity index is 915. The predicted octanol–water partition coefficient (Wildman–Crippen LogP) is 5.54. The van der Waals surface area contributed by atoms with E-state index in [1.807, 2.05) is 6.92 Å². The summed E-state index contributed by atoms with van der Waals surface area (Å²) in [5.74, 6) is -0.537. The smallest absolute Gasteiger partial charge is 0.411 e. The van der Waals surface area contributed by atoms with Crippen LogP contribution in [0.25, 0.3) is 0 Å². The molecule has 5 nitrogen and oxygen atoms in total. The van der Waals surface area contributed by atoms with Gasteiger partial charge in [-0.05, 0) is 42.5 Å². The lowest BCUT2D eigenvalue weighted by Crippen LogP contribution is -2.45. The van der Waals surface area contributed by atoms with E-state index in [2.05, 4.69) is 10.1 Å². The SMILES string of the molecule is COC(=O)Nc1cc(Cl)c(N2C[C@@H](Cc3ccccc3F)C[C@@H](C)C2=O)c(Cl)c1. The van der Waals surface area contributed by atoms with Gasteiger partial charge in [0, 0.05) is 18.2 Å². The third kappa shape index (κ3) is 4.82. The van der Waals surface area contributed by atoms with Crippen molar-refractivity contribution in [3.8, 4) is 0 Å². The van der Waals surface area contributed by atoms with Crippen LogP contribution in [-0.2, 0) is 16.0 Å². The number of benzene rings is 2. The fourth-order valence-electron chi connectivity index (χ4n) is 3.68. The van der Waals surface area contributed by atoms with Crippen LogP contribution >= 0.6 is 23.2 Å². The number of piperidine rings is 1. The monoisotopic (exact) mass is 438 g/mol. The average molecular weight is 439 g/mol. The van der Waals surface area contributed by atoms with Gasteiger partial charge < -0.3 is 9.64 Å². The molecule has 0 spiro atoms. The highest BCUT2D eigenvalue weighted by Crippen LogP contribution is 2.40. The Morgan fingerprint density at radius 1 is 1.28 bits per heavy atom. The maximum absolute atomic E-state index is 14.1. The van der Waals surface area contributed by atoms with E-state index in [-0.39, 0.29) is 33.6 Å². The maximum atomic E-state index is 14.1. The van der Waals surface area contributed by atoms with Gasteiger partial charge in [0.15, 0.2) is 0 Å². The van der Waals surface area contributed by atoms with E-state index >= 15 is 0 Å². The highest BCUT2D eigenvalue weighted by molar-refractivity contribution is 6.40. The molecule has 29 heavy (non-hydrogen) atoms. The minimum Gasteiger partial charge on any atom is -0.453 e. The predicted molar refractivity (Wildman–Crippen MR) is 112 cm³/mol. The van der Waals surface area contributed by atoms with Gasteiger partial charge in [-0.2, -0.15) is 0 Å². The van der Waals surface area contributed by atoms with Gasteiger partial charge in [-0.1, -0.05) is 48.3 Å². The standard InChI is InChI=1S/C21H21Cl2FN2O3/c1-12-7-13(8-14-5-3-4-6-18(14)24)11-26(20(12)27)19-16(22)9-15(10-17(19)23)25-21(28)29-2/h3-6,9-10,12-13H,7-8,11H2,1-2H3,(H,25,28)/t12-,13-/m1/s1. The lowest BCUT2D eigenvalue weighted by molar-refractivity contribution is -0.124. The molecule has 0 aromatic heterocycles. The summed E-state index contributed by atoms with van der Waals surface area (Å²) < 4.78 is 18.6. The number of halogens is 3. The Hall–Kier alpha value is -2.31. The number of nitrogens with zero attached hydrogens (tertiary/aromatic N) is 1. The molecule has 1 N–H and O–H groups in total. The topological polar surface area (TPSA) is 58.6 Å². The normalized spacial score (nSPS) is 19.2. The van der Waals surface area contributed by atoms with Crippen LogP contribution in [0.2, 0.25) is 10.0 Å². The van der Waals surface area contributed by atoms with Gasteiger partial charge in [-0.15, -0.1) is 0 Å². The first-order chi connectivity index (χ1) is 13.8. The number of hydrogen-bond acceptors (Lipinski definition) is 3. The summed E-state index contributed by atoms with van der Waals surface area (Å²) in [5.41, 5.74) is 1.36. The second-order valence-electron chi connectivity index (χ2n) is 7.15. The minimum atomic E-state index is -0.655. The Labute approximate surface area is 178 Å². The van der Waals surface area contributed by atoms with Crippen molar-refractivity contribution >= 4 is 46.6 Å². The number of methoxy groups -OCH3 is 1. The molecule has 0 bridgehead atoms. The molecule has 1 fully saturated rings. The van der Waals surface area contributed by atoms with E-state index in [0.717, 1.165) is 0 Å². The molecule has 0 saturated carbocycles. The molecule has 1 heterocycles. The first-order valence-corrected chi connectivity index (χ1v) is 9.94. The van der Waals surface area contributed by atoms with Crippen LogP contribution in [0.4, 0.5) is 20.6 Å². The molecule has 0 aliphatic carbocycles. The molecular formula is C21H21Cl2FN2O3. The highest BCUT2D eigenvalue weighted by Gasteiger charge is 2.34. The summed E-state index contributed by atoms with van der Waals surface area (Å²) in [4.78, 5) is 25.8. The van der Waals surface area contributed by atoms with Crippen molar-refractivity contribution in [1.82, 2.24) is 0 Å². The number of ether oxygens (including phenoxy) is 1. The number of anilines is 2. The molecule has 2 atom stereocenters. The molecule has 1 aliphatic rings. The molecule has 0 unspecified atom stereocenters. The van der Waals surface area contributed by atoms with Crippen molar-refractivity contribution in [2.24, 2.45) is 11.8 Å². The van der Waals surface area contributed by atoms with Gasteiger partial charge in [-0.25, -0.2) is 9.18 Å². The number of carbonyl (C=O) groups is 2. The Kier molecular flexibility index (Phi) is 6.65. The number of amides is 2. The van der Waals surface area contributed by atoms with Crippen molar-refractivity contribution in [3.63, 3.8) is 0 Å². The van der Waals surface area contributed by atoms with Gasteiger partial charge in [0.1, 0.15) is 5.82 Å². The van der Waals surface area contributed by atoms with E-state index in [0.29, 0.717) is 36.3 Å².